The van der Waals surface area contributed by atoms with E-state index in [0.717, 1.165) is 17.0 Å². The van der Waals surface area contributed by atoms with E-state index in [-0.39, 0.29) is 17.2 Å². The van der Waals surface area contributed by atoms with Crippen LogP contribution in [-0.2, 0) is 4.79 Å². The zero-order valence-electron chi connectivity index (χ0n) is 17.2. The monoisotopic (exact) mass is 444 g/mol. The number of fused-ring (bicyclic) bond motifs is 1. The maximum absolute atomic E-state index is 14.4. The van der Waals surface area contributed by atoms with Gasteiger partial charge >= 0.3 is 0 Å². The minimum atomic E-state index is -0.507. The Hall–Kier alpha value is -3.85. The van der Waals surface area contributed by atoms with Gasteiger partial charge in [0.25, 0.3) is 5.91 Å². The molecule has 0 bridgehead atoms. The van der Waals surface area contributed by atoms with Crippen LogP contribution in [0.3, 0.4) is 0 Å². The average molecular weight is 444 g/mol. The molecule has 1 aromatic carbocycles. The third-order valence-corrected chi connectivity index (χ3v) is 6.18. The molecule has 1 amide bonds. The molecule has 0 radical (unpaired) electrons. The first-order valence-corrected chi connectivity index (χ1v) is 10.6. The third-order valence-electron chi connectivity index (χ3n) is 5.23. The summed E-state index contributed by atoms with van der Waals surface area (Å²) in [6.45, 7) is 3.72. The van der Waals surface area contributed by atoms with Crippen LogP contribution in [0, 0.1) is 25.1 Å². The van der Waals surface area contributed by atoms with Gasteiger partial charge in [-0.1, -0.05) is 12.1 Å². The number of carbonyl (C=O) groups excluding carboxylic acids is 1. The van der Waals surface area contributed by atoms with E-state index < -0.39 is 5.91 Å². The first-order chi connectivity index (χ1) is 15.4. The predicted octanol–water partition coefficient (Wildman–Crippen LogP) is 4.30. The van der Waals surface area contributed by atoms with E-state index in [2.05, 4.69) is 15.1 Å². The summed E-state index contributed by atoms with van der Waals surface area (Å²) in [4.78, 5) is 21.0. The Kier molecular flexibility index (Phi) is 4.82. The Morgan fingerprint density at radius 3 is 2.72 bits per heavy atom. The number of nitrogens with zero attached hydrogens (tertiary/aromatic N) is 5. The largest absolute Gasteiger partial charge is 0.315 e. The van der Waals surface area contributed by atoms with Crippen molar-refractivity contribution >= 4 is 39.8 Å². The fraction of sp³-hybridized carbons (Fsp3) is 0.0870. The number of pyridine rings is 1. The molecule has 0 atom stereocenters. The molecule has 2 aliphatic rings. The Balaban J connectivity index is 1.53. The van der Waals surface area contributed by atoms with Crippen LogP contribution in [0.15, 0.2) is 70.5 Å². The van der Waals surface area contributed by atoms with Crippen LogP contribution < -0.4 is 0 Å². The Morgan fingerprint density at radius 2 is 1.97 bits per heavy atom. The number of thioether (sulfide) groups is 1. The number of aliphatic imine (C=N–C) groups is 1. The number of amidine groups is 2. The maximum Gasteiger partial charge on any atom is 0.283 e. The molecule has 0 aliphatic carbocycles. The summed E-state index contributed by atoms with van der Waals surface area (Å²) in [6.07, 6.45) is 4.95. The Labute approximate surface area is 187 Å². The number of nitrogens with one attached hydrogen (secondary N) is 1. The molecule has 158 valence electrons. The molecular weight excluding hydrogens is 427 g/mol. The SMILES string of the molecule is Cc1cc(/C=C2/C(=N)N3N=C(c4cccnc4)SC3=NC2=O)c(C)n1-c1ccccc1F. The second-order valence-corrected chi connectivity index (χ2v) is 8.24. The summed E-state index contributed by atoms with van der Waals surface area (Å²) in [7, 11) is 0. The van der Waals surface area contributed by atoms with Gasteiger partial charge in [-0.05, 0) is 67.6 Å². The highest BCUT2D eigenvalue weighted by molar-refractivity contribution is 8.27. The van der Waals surface area contributed by atoms with Gasteiger partial charge in [0.05, 0.1) is 11.3 Å². The van der Waals surface area contributed by atoms with Gasteiger partial charge in [-0.3, -0.25) is 15.2 Å². The first kappa shape index (κ1) is 20.1. The van der Waals surface area contributed by atoms with Crippen LogP contribution in [0.5, 0.6) is 0 Å². The highest BCUT2D eigenvalue weighted by atomic mass is 32.2. The lowest BCUT2D eigenvalue weighted by atomic mass is 10.1. The van der Waals surface area contributed by atoms with Crippen molar-refractivity contribution in [2.75, 3.05) is 0 Å². The van der Waals surface area contributed by atoms with Crippen LogP contribution in [0.1, 0.15) is 22.5 Å². The molecule has 0 fully saturated rings. The Bertz CT molecular complexity index is 1370. The van der Waals surface area contributed by atoms with Crippen molar-refractivity contribution in [3.05, 3.63) is 88.8 Å². The van der Waals surface area contributed by atoms with Crippen molar-refractivity contribution in [1.29, 1.82) is 5.41 Å². The predicted molar refractivity (Wildman–Crippen MR) is 124 cm³/mol. The van der Waals surface area contributed by atoms with E-state index in [1.165, 1.54) is 22.8 Å². The molecule has 0 saturated heterocycles. The number of amides is 1. The molecule has 32 heavy (non-hydrogen) atoms. The van der Waals surface area contributed by atoms with Gasteiger partial charge in [-0.15, -0.1) is 0 Å². The van der Waals surface area contributed by atoms with E-state index in [4.69, 9.17) is 5.41 Å². The van der Waals surface area contributed by atoms with Gasteiger partial charge in [-0.25, -0.2) is 4.39 Å². The van der Waals surface area contributed by atoms with Crippen LogP contribution in [0.25, 0.3) is 11.8 Å². The Morgan fingerprint density at radius 1 is 1.16 bits per heavy atom. The zero-order chi connectivity index (χ0) is 22.4. The second-order valence-electron chi connectivity index (χ2n) is 7.28. The maximum atomic E-state index is 14.4. The lowest BCUT2D eigenvalue weighted by Crippen LogP contribution is -2.35. The third kappa shape index (κ3) is 3.27. The van der Waals surface area contributed by atoms with Crippen molar-refractivity contribution < 1.29 is 9.18 Å². The van der Waals surface area contributed by atoms with E-state index >= 15 is 0 Å². The molecule has 5 rings (SSSR count). The number of hydrogen-bond acceptors (Lipinski definition) is 5. The number of benzene rings is 1. The molecule has 3 aromatic rings. The van der Waals surface area contributed by atoms with Crippen LogP contribution in [-0.4, -0.2) is 36.5 Å². The number of hydrogen-bond donors (Lipinski definition) is 1. The van der Waals surface area contributed by atoms with Gasteiger partial charge in [0.15, 0.2) is 5.84 Å². The van der Waals surface area contributed by atoms with Crippen molar-refractivity contribution in [1.82, 2.24) is 14.6 Å². The van der Waals surface area contributed by atoms with Gasteiger partial charge in [0, 0.05) is 29.3 Å². The van der Waals surface area contributed by atoms with E-state index in [1.54, 1.807) is 47.3 Å². The van der Waals surface area contributed by atoms with Gasteiger partial charge in [0.2, 0.25) is 5.17 Å². The average Bonchev–Trinajstić information content (AvgIpc) is 3.33. The van der Waals surface area contributed by atoms with Crippen molar-refractivity contribution in [3.8, 4) is 5.69 Å². The summed E-state index contributed by atoms with van der Waals surface area (Å²) in [5, 5.41) is 15.4. The van der Waals surface area contributed by atoms with E-state index in [0.29, 0.717) is 21.5 Å². The van der Waals surface area contributed by atoms with Gasteiger partial charge in [-0.2, -0.15) is 15.1 Å². The molecule has 4 heterocycles. The lowest BCUT2D eigenvalue weighted by Gasteiger charge is -2.20. The van der Waals surface area contributed by atoms with Gasteiger partial charge < -0.3 is 4.57 Å². The topological polar surface area (TPSA) is 86.7 Å². The summed E-state index contributed by atoms with van der Waals surface area (Å²) < 4.78 is 16.2. The highest BCUT2D eigenvalue weighted by Gasteiger charge is 2.36. The number of halogens is 1. The number of aryl methyl sites for hydroxylation is 1. The van der Waals surface area contributed by atoms with Crippen molar-refractivity contribution in [2.45, 2.75) is 13.8 Å². The van der Waals surface area contributed by atoms with Crippen LogP contribution >= 0.6 is 11.8 Å². The van der Waals surface area contributed by atoms with Gasteiger partial charge in [0.1, 0.15) is 10.9 Å². The number of aromatic nitrogens is 2. The molecular formula is C23H17FN6OS. The van der Waals surface area contributed by atoms with Crippen molar-refractivity contribution in [2.24, 2.45) is 10.1 Å². The lowest BCUT2D eigenvalue weighted by molar-refractivity contribution is -0.114. The molecule has 7 nitrogen and oxygen atoms in total. The smallest absolute Gasteiger partial charge is 0.283 e. The molecule has 0 unspecified atom stereocenters. The normalized spacial score (nSPS) is 17.0. The molecule has 0 saturated carbocycles. The summed E-state index contributed by atoms with van der Waals surface area (Å²) in [5.74, 6) is -0.898. The summed E-state index contributed by atoms with van der Waals surface area (Å²) >= 11 is 1.22. The molecule has 1 N–H and O–H groups in total. The minimum Gasteiger partial charge on any atom is -0.315 e. The van der Waals surface area contributed by atoms with Crippen LogP contribution in [0.4, 0.5) is 4.39 Å². The fourth-order valence-electron chi connectivity index (χ4n) is 3.69. The number of para-hydroxylation sites is 1. The number of hydrazone groups is 1. The molecule has 2 aliphatic heterocycles. The minimum absolute atomic E-state index is 0.0536. The van der Waals surface area contributed by atoms with E-state index in [1.807, 2.05) is 26.0 Å². The second kappa shape index (κ2) is 7.69. The molecule has 9 heteroatoms. The summed E-state index contributed by atoms with van der Waals surface area (Å²) in [5.41, 5.74) is 3.62. The fourth-order valence-corrected chi connectivity index (χ4v) is 4.57. The van der Waals surface area contributed by atoms with Crippen LogP contribution in [0.2, 0.25) is 0 Å². The zero-order valence-corrected chi connectivity index (χ0v) is 18.0. The summed E-state index contributed by atoms with van der Waals surface area (Å²) in [6, 6.07) is 12.0. The quantitative estimate of drug-likeness (QED) is 0.611. The number of rotatable bonds is 3. The standard InChI is InChI=1S/C23H17FN6OS/c1-13-10-16(14(2)29(13)19-8-4-3-7-18(19)24)11-17-20(25)30-23(27-21(17)31)32-22(28-30)15-6-5-9-26-12-15/h3-12,25H,1-2H3/b17-11-,25-20?. The first-order valence-electron chi connectivity index (χ1n) is 9.78. The molecule has 2 aromatic heterocycles. The molecule has 0 spiro atoms. The van der Waals surface area contributed by atoms with E-state index in [9.17, 15) is 9.18 Å². The highest BCUT2D eigenvalue weighted by Crippen LogP contribution is 2.31. The van der Waals surface area contributed by atoms with Crippen molar-refractivity contribution in [3.63, 3.8) is 0 Å². The number of carbonyl (C=O) groups is 1.